The second-order valence-corrected chi connectivity index (χ2v) is 18.3. The molecule has 5 saturated heterocycles. The van der Waals surface area contributed by atoms with E-state index in [0.29, 0.717) is 51.4 Å². The average Bonchev–Trinajstić information content (AvgIpc) is 3.47. The topological polar surface area (TPSA) is 138 Å². The van der Waals surface area contributed by atoms with Gasteiger partial charge in [-0.2, -0.15) is 0 Å². The predicted molar refractivity (Wildman–Crippen MR) is 201 cm³/mol. The van der Waals surface area contributed by atoms with Gasteiger partial charge >= 0.3 is 0 Å². The summed E-state index contributed by atoms with van der Waals surface area (Å²) in [6.45, 7) is 21.7. The first-order valence-corrected chi connectivity index (χ1v) is 21.2. The van der Waals surface area contributed by atoms with Crippen LogP contribution >= 0.6 is 0 Å². The van der Waals surface area contributed by atoms with Crippen LogP contribution in [0.25, 0.3) is 0 Å². The molecule has 5 aliphatic rings. The van der Waals surface area contributed by atoms with Gasteiger partial charge in [-0.1, -0.05) is 55.4 Å². The zero-order chi connectivity index (χ0) is 39.3. The lowest BCUT2D eigenvalue weighted by Crippen LogP contribution is -2.64. The quantitative estimate of drug-likeness (QED) is 0.212. The molecule has 0 saturated carbocycles. The van der Waals surface area contributed by atoms with Crippen molar-refractivity contribution in [2.24, 2.45) is 41.4 Å². The Morgan fingerprint density at radius 3 is 2.15 bits per heavy atom. The fraction of sp³-hybridized carbons (Fsp3) is 0.930. The van der Waals surface area contributed by atoms with Crippen LogP contribution in [-0.2, 0) is 38.1 Å². The molecule has 0 bridgehead atoms. The van der Waals surface area contributed by atoms with Gasteiger partial charge in [-0.15, -0.1) is 0 Å². The van der Waals surface area contributed by atoms with E-state index in [1.807, 2.05) is 48.5 Å². The molecule has 2 N–H and O–H groups in total. The molecule has 53 heavy (non-hydrogen) atoms. The Hall–Kier alpha value is -1.27. The first-order valence-electron chi connectivity index (χ1n) is 21.2. The van der Waals surface area contributed by atoms with E-state index in [0.717, 1.165) is 19.3 Å². The number of Topliss-reactive ketones (excluding diaryl/α,β-unsaturated/α-hetero) is 3. The van der Waals surface area contributed by atoms with Crippen molar-refractivity contribution in [3.05, 3.63) is 0 Å². The lowest BCUT2D eigenvalue weighted by molar-refractivity contribution is -0.405. The van der Waals surface area contributed by atoms with Crippen LogP contribution in [0.15, 0.2) is 0 Å². The minimum atomic E-state index is -1.46. The number of ether oxygens (including phenoxy) is 5. The van der Waals surface area contributed by atoms with Crippen LogP contribution in [0.5, 0.6) is 0 Å². The number of hydrogen-bond donors (Lipinski definition) is 2. The van der Waals surface area contributed by atoms with Gasteiger partial charge in [-0.3, -0.25) is 14.4 Å². The maximum Gasteiger partial charge on any atom is 0.232 e. The molecular weight excluding hydrogens is 676 g/mol. The summed E-state index contributed by atoms with van der Waals surface area (Å²) in [4.78, 5) is 40.6. The van der Waals surface area contributed by atoms with Crippen LogP contribution in [0, 0.1) is 41.4 Å². The first-order chi connectivity index (χ1) is 24.8. The number of aliphatic hydroxyl groups excluding tert-OH is 1. The molecule has 5 heterocycles. The molecule has 0 aromatic heterocycles. The lowest BCUT2D eigenvalue weighted by atomic mass is 9.72. The monoisotopic (exact) mass is 749 g/mol. The van der Waals surface area contributed by atoms with Crippen molar-refractivity contribution in [2.45, 2.75) is 213 Å². The van der Waals surface area contributed by atoms with E-state index in [2.05, 4.69) is 20.8 Å². The molecule has 17 atom stereocenters. The summed E-state index contributed by atoms with van der Waals surface area (Å²) in [5.41, 5.74) is -1.64. The summed E-state index contributed by atoms with van der Waals surface area (Å²) in [5.74, 6) is -3.97. The Labute approximate surface area is 319 Å². The zero-order valence-electron chi connectivity index (χ0n) is 34.7. The normalized spacial score (nSPS) is 45.1. The van der Waals surface area contributed by atoms with Gasteiger partial charge in [-0.25, -0.2) is 0 Å². The number of ketones is 3. The minimum Gasteiger partial charge on any atom is -0.392 e. The van der Waals surface area contributed by atoms with Crippen LogP contribution in [0.4, 0.5) is 0 Å². The highest BCUT2D eigenvalue weighted by Gasteiger charge is 2.64. The van der Waals surface area contributed by atoms with Crippen LogP contribution in [-0.4, -0.2) is 87.0 Å². The van der Waals surface area contributed by atoms with Crippen molar-refractivity contribution in [1.82, 2.24) is 0 Å². The molecule has 5 aliphatic heterocycles. The number of rotatable bonds is 12. The fourth-order valence-corrected chi connectivity index (χ4v) is 10.9. The molecule has 0 aromatic carbocycles. The molecule has 0 aromatic rings. The van der Waals surface area contributed by atoms with E-state index >= 15 is 0 Å². The van der Waals surface area contributed by atoms with Gasteiger partial charge in [0.15, 0.2) is 11.6 Å². The second kappa shape index (κ2) is 16.3. The highest BCUT2D eigenvalue weighted by atomic mass is 16.8. The molecular formula is C43H72O10. The fourth-order valence-electron chi connectivity index (χ4n) is 10.9. The van der Waals surface area contributed by atoms with Crippen molar-refractivity contribution in [3.63, 3.8) is 0 Å². The summed E-state index contributed by atoms with van der Waals surface area (Å²) in [6.07, 6.45) is 4.69. The third-order valence-corrected chi connectivity index (χ3v) is 14.9. The van der Waals surface area contributed by atoms with Gasteiger partial charge in [0.2, 0.25) is 5.79 Å². The Morgan fingerprint density at radius 1 is 0.868 bits per heavy atom. The van der Waals surface area contributed by atoms with Gasteiger partial charge in [0.1, 0.15) is 11.6 Å². The molecule has 5 rings (SSSR count). The van der Waals surface area contributed by atoms with Crippen LogP contribution in [0.3, 0.4) is 0 Å². The van der Waals surface area contributed by atoms with E-state index in [9.17, 15) is 24.6 Å². The van der Waals surface area contributed by atoms with E-state index < -0.39 is 46.8 Å². The highest BCUT2D eigenvalue weighted by molar-refractivity contribution is 5.87. The Morgan fingerprint density at radius 2 is 1.55 bits per heavy atom. The third kappa shape index (κ3) is 8.00. The molecule has 5 fully saturated rings. The van der Waals surface area contributed by atoms with Crippen LogP contribution in [0.1, 0.15) is 153 Å². The number of carbonyl (C=O) groups excluding carboxylic acids is 3. The lowest BCUT2D eigenvalue weighted by Gasteiger charge is -2.55. The second-order valence-electron chi connectivity index (χ2n) is 18.3. The Balaban J connectivity index is 1.31. The van der Waals surface area contributed by atoms with Crippen molar-refractivity contribution in [3.8, 4) is 0 Å². The van der Waals surface area contributed by atoms with Crippen molar-refractivity contribution in [2.75, 3.05) is 0 Å². The average molecular weight is 749 g/mol. The molecule has 304 valence electrons. The van der Waals surface area contributed by atoms with Crippen molar-refractivity contribution < 1.29 is 48.3 Å². The van der Waals surface area contributed by atoms with Gasteiger partial charge < -0.3 is 33.9 Å². The highest BCUT2D eigenvalue weighted by Crippen LogP contribution is 2.54. The van der Waals surface area contributed by atoms with E-state index in [1.54, 1.807) is 6.92 Å². The first kappa shape index (κ1) is 42.9. The van der Waals surface area contributed by atoms with Crippen molar-refractivity contribution >= 4 is 17.3 Å². The number of aliphatic hydroxyl groups is 2. The third-order valence-electron chi connectivity index (χ3n) is 14.9. The van der Waals surface area contributed by atoms with E-state index in [1.165, 1.54) is 0 Å². The Kier molecular flexibility index (Phi) is 13.2. The smallest absolute Gasteiger partial charge is 0.232 e. The molecule has 0 amide bonds. The molecule has 0 aliphatic carbocycles. The summed E-state index contributed by atoms with van der Waals surface area (Å²) < 4.78 is 33.7. The summed E-state index contributed by atoms with van der Waals surface area (Å²) in [6, 6.07) is 0. The summed E-state index contributed by atoms with van der Waals surface area (Å²) >= 11 is 0. The van der Waals surface area contributed by atoms with Gasteiger partial charge in [0, 0.05) is 48.9 Å². The molecule has 0 radical (unpaired) electrons. The maximum absolute atomic E-state index is 14.5. The minimum absolute atomic E-state index is 0.0366. The molecule has 10 heteroatoms. The summed E-state index contributed by atoms with van der Waals surface area (Å²) in [5, 5.41) is 22.8. The molecule has 10 nitrogen and oxygen atoms in total. The van der Waals surface area contributed by atoms with Gasteiger partial charge in [0.05, 0.1) is 47.8 Å². The predicted octanol–water partition coefficient (Wildman–Crippen LogP) is 7.12. The zero-order valence-corrected chi connectivity index (χ0v) is 34.7. The van der Waals surface area contributed by atoms with Gasteiger partial charge in [-0.05, 0) is 90.4 Å². The molecule has 2 spiro atoms. The standard InChI is InChI=1S/C43H72O10/c1-12-31(29(9)44)33-16-15-24(4)38(50-33)28(8)36(46)27(7)37(47)32(13-2)39-25(5)23-26(6)42(51-39)20-17-34(45)43(53-42)22-21-40(11,52-43)35-18-19-41(48,14-3)30(10)49-35/h24-28,30-33,35-36,38-39,46,48H,12-23H2,1-11H3/t24-,25-,26+,27-,28-,30-,31-,32-,33+,35+,36+,38+,39-,40-,41+,42-,43-/m0/s1. The number of carbonyl (C=O) groups is 3. The van der Waals surface area contributed by atoms with E-state index in [-0.39, 0.29) is 77.8 Å². The summed E-state index contributed by atoms with van der Waals surface area (Å²) in [7, 11) is 0. The van der Waals surface area contributed by atoms with Gasteiger partial charge in [0.25, 0.3) is 0 Å². The SMILES string of the molecule is CC[C@@H](C(=O)[C@@H](C)[C@@H](O)[C@H](C)[C@@H]1O[C@@H]([C@@H](CC)C(C)=O)CC[C@@H]1C)[C@H]1O[C@]2(CCC(=O)[C@]3(CC[C@@](C)([C@H]4CC[C@](O)(CC)[C@H](C)O4)O3)O2)[C@H](C)C[C@@H]1C. The number of hydrogen-bond acceptors (Lipinski definition) is 10. The largest absolute Gasteiger partial charge is 0.392 e. The van der Waals surface area contributed by atoms with Crippen LogP contribution < -0.4 is 0 Å². The van der Waals surface area contributed by atoms with E-state index in [4.69, 9.17) is 23.7 Å². The Bertz CT molecular complexity index is 1320. The molecule has 0 unspecified atom stereocenters. The van der Waals surface area contributed by atoms with Crippen molar-refractivity contribution in [1.29, 1.82) is 0 Å². The maximum atomic E-state index is 14.5. The van der Waals surface area contributed by atoms with Crippen LogP contribution in [0.2, 0.25) is 0 Å².